The first-order valence-electron chi connectivity index (χ1n) is 4.39. The molecule has 0 bridgehead atoms. The lowest BCUT2D eigenvalue weighted by molar-refractivity contribution is -0.139. The number of carbonyl (C=O) groups is 1. The molecule has 1 unspecified atom stereocenters. The van der Waals surface area contributed by atoms with Gasteiger partial charge in [0.25, 0.3) is 0 Å². The molecule has 0 aliphatic rings. The van der Waals surface area contributed by atoms with Crippen LogP contribution >= 0.6 is 0 Å². The van der Waals surface area contributed by atoms with Crippen LogP contribution in [0.1, 0.15) is 20.8 Å². The van der Waals surface area contributed by atoms with Crippen molar-refractivity contribution >= 4 is 16.0 Å². The third-order valence-corrected chi connectivity index (χ3v) is 3.37. The van der Waals surface area contributed by atoms with Crippen LogP contribution in [0.5, 0.6) is 0 Å². The van der Waals surface area contributed by atoms with Gasteiger partial charge in [0.05, 0.1) is 12.7 Å². The molecule has 0 radical (unpaired) electrons. The minimum atomic E-state index is -3.79. The number of esters is 1. The first kappa shape index (κ1) is 14.3. The van der Waals surface area contributed by atoms with Gasteiger partial charge in [-0.1, -0.05) is 0 Å². The molecule has 0 heterocycles. The van der Waals surface area contributed by atoms with Crippen molar-refractivity contribution in [2.45, 2.75) is 31.6 Å². The molecule has 0 fully saturated rings. The van der Waals surface area contributed by atoms with E-state index in [1.54, 1.807) is 0 Å². The van der Waals surface area contributed by atoms with Gasteiger partial charge < -0.3 is 9.84 Å². The highest BCUT2D eigenvalue weighted by Gasteiger charge is 2.29. The summed E-state index contributed by atoms with van der Waals surface area (Å²) in [5.41, 5.74) is -1.16. The molecule has 0 aromatic rings. The van der Waals surface area contributed by atoms with Gasteiger partial charge in [-0.3, -0.25) is 4.79 Å². The fourth-order valence-electron chi connectivity index (χ4n) is 0.695. The summed E-state index contributed by atoms with van der Waals surface area (Å²) in [6.07, 6.45) is 0. The number of sulfonamides is 1. The Morgan fingerprint density at radius 2 is 2.00 bits per heavy atom. The Labute approximate surface area is 89.7 Å². The normalized spacial score (nSPS) is 14.7. The van der Waals surface area contributed by atoms with Crippen LogP contribution in [0.3, 0.4) is 0 Å². The fraction of sp³-hybridized carbons (Fsp3) is 0.875. The fourth-order valence-corrected chi connectivity index (χ4v) is 1.85. The van der Waals surface area contributed by atoms with E-state index >= 15 is 0 Å². The van der Waals surface area contributed by atoms with Crippen molar-refractivity contribution in [2.24, 2.45) is 0 Å². The quantitative estimate of drug-likeness (QED) is 0.615. The van der Waals surface area contributed by atoms with Crippen molar-refractivity contribution < 1.29 is 23.1 Å². The minimum Gasteiger partial charge on any atom is -0.468 e. The second-order valence-electron chi connectivity index (χ2n) is 3.84. The number of hydrogen-bond acceptors (Lipinski definition) is 5. The molecule has 15 heavy (non-hydrogen) atoms. The highest BCUT2D eigenvalue weighted by molar-refractivity contribution is 7.90. The predicted molar refractivity (Wildman–Crippen MR) is 54.7 cm³/mol. The van der Waals surface area contributed by atoms with E-state index in [1.807, 2.05) is 0 Å². The molecular formula is C8H17NO5S. The largest absolute Gasteiger partial charge is 0.468 e. The zero-order chi connectivity index (χ0) is 12.3. The number of aliphatic hydroxyl groups is 1. The van der Waals surface area contributed by atoms with Crippen LogP contribution in [0.2, 0.25) is 0 Å². The van der Waals surface area contributed by atoms with Crippen molar-refractivity contribution in [3.8, 4) is 0 Å². The van der Waals surface area contributed by atoms with E-state index in [1.165, 1.54) is 20.8 Å². The van der Waals surface area contributed by atoms with Crippen LogP contribution < -0.4 is 4.72 Å². The van der Waals surface area contributed by atoms with Gasteiger partial charge in [-0.15, -0.1) is 0 Å². The Morgan fingerprint density at radius 3 is 2.33 bits per heavy atom. The van der Waals surface area contributed by atoms with E-state index in [0.717, 1.165) is 7.11 Å². The van der Waals surface area contributed by atoms with E-state index in [-0.39, 0.29) is 6.54 Å². The van der Waals surface area contributed by atoms with Gasteiger partial charge in [0.1, 0.15) is 0 Å². The van der Waals surface area contributed by atoms with Crippen LogP contribution in [-0.2, 0) is 19.6 Å². The molecule has 6 nitrogen and oxygen atoms in total. The zero-order valence-corrected chi connectivity index (χ0v) is 10.1. The van der Waals surface area contributed by atoms with Gasteiger partial charge >= 0.3 is 5.97 Å². The number of nitrogens with one attached hydrogen (secondary N) is 1. The van der Waals surface area contributed by atoms with E-state index in [9.17, 15) is 18.3 Å². The Hall–Kier alpha value is -0.660. The van der Waals surface area contributed by atoms with Gasteiger partial charge in [-0.2, -0.15) is 0 Å². The van der Waals surface area contributed by atoms with Crippen LogP contribution in [0.15, 0.2) is 0 Å². The predicted octanol–water partition coefficient (Wildman–Crippen LogP) is -0.762. The molecule has 0 saturated heterocycles. The Morgan fingerprint density at radius 1 is 1.53 bits per heavy atom. The van der Waals surface area contributed by atoms with Crippen molar-refractivity contribution in [2.75, 3.05) is 13.7 Å². The standard InChI is InChI=1S/C8H17NO5S/c1-6(7(10)14-4)15(12,13)9-5-8(2,3)11/h6,9,11H,5H2,1-4H3. The Bertz CT molecular complexity index is 316. The summed E-state index contributed by atoms with van der Waals surface area (Å²) in [6, 6.07) is 0. The second-order valence-corrected chi connectivity index (χ2v) is 5.93. The average molecular weight is 239 g/mol. The molecule has 0 rings (SSSR count). The summed E-state index contributed by atoms with van der Waals surface area (Å²) in [6.45, 7) is 3.98. The summed E-state index contributed by atoms with van der Waals surface area (Å²) in [7, 11) is -2.67. The highest BCUT2D eigenvalue weighted by atomic mass is 32.2. The van der Waals surface area contributed by atoms with Gasteiger partial charge in [-0.25, -0.2) is 13.1 Å². The first-order chi connectivity index (χ1) is 6.60. The maximum atomic E-state index is 11.5. The number of ether oxygens (including phenoxy) is 1. The molecule has 2 N–H and O–H groups in total. The Kier molecular flexibility index (Phi) is 4.69. The van der Waals surface area contributed by atoms with E-state index in [0.29, 0.717) is 0 Å². The van der Waals surface area contributed by atoms with Gasteiger partial charge in [0.15, 0.2) is 5.25 Å². The van der Waals surface area contributed by atoms with Gasteiger partial charge in [0, 0.05) is 6.54 Å². The number of carbonyl (C=O) groups excluding carboxylic acids is 1. The summed E-state index contributed by atoms with van der Waals surface area (Å²) in [4.78, 5) is 11.0. The van der Waals surface area contributed by atoms with Crippen LogP contribution in [0.4, 0.5) is 0 Å². The molecular weight excluding hydrogens is 222 g/mol. The highest BCUT2D eigenvalue weighted by Crippen LogP contribution is 2.04. The summed E-state index contributed by atoms with van der Waals surface area (Å²) in [5, 5.41) is 8.03. The maximum Gasteiger partial charge on any atom is 0.325 e. The van der Waals surface area contributed by atoms with E-state index in [2.05, 4.69) is 9.46 Å². The van der Waals surface area contributed by atoms with Crippen LogP contribution in [0.25, 0.3) is 0 Å². The van der Waals surface area contributed by atoms with Gasteiger partial charge in [-0.05, 0) is 20.8 Å². The van der Waals surface area contributed by atoms with Crippen molar-refractivity contribution in [3.05, 3.63) is 0 Å². The molecule has 7 heteroatoms. The lowest BCUT2D eigenvalue weighted by Gasteiger charge is -2.19. The molecule has 0 aliphatic carbocycles. The number of methoxy groups -OCH3 is 1. The second kappa shape index (κ2) is 4.91. The molecule has 0 aliphatic heterocycles. The van der Waals surface area contributed by atoms with E-state index in [4.69, 9.17) is 0 Å². The third-order valence-electron chi connectivity index (χ3n) is 1.70. The minimum absolute atomic E-state index is 0.156. The summed E-state index contributed by atoms with van der Waals surface area (Å²) >= 11 is 0. The van der Waals surface area contributed by atoms with Crippen molar-refractivity contribution in [1.82, 2.24) is 4.72 Å². The van der Waals surface area contributed by atoms with Crippen molar-refractivity contribution in [1.29, 1.82) is 0 Å². The molecule has 0 spiro atoms. The smallest absolute Gasteiger partial charge is 0.325 e. The topological polar surface area (TPSA) is 92.7 Å². The van der Waals surface area contributed by atoms with E-state index < -0.39 is 26.8 Å². The van der Waals surface area contributed by atoms with Gasteiger partial charge in [0.2, 0.25) is 10.0 Å². The molecule has 0 amide bonds. The summed E-state index contributed by atoms with van der Waals surface area (Å²) < 4.78 is 29.4. The lowest BCUT2D eigenvalue weighted by atomic mass is 10.1. The number of hydrogen-bond donors (Lipinski definition) is 2. The maximum absolute atomic E-state index is 11.5. The number of rotatable bonds is 5. The van der Waals surface area contributed by atoms with Crippen molar-refractivity contribution in [3.63, 3.8) is 0 Å². The Balaban J connectivity index is 4.51. The first-order valence-corrected chi connectivity index (χ1v) is 5.93. The molecule has 90 valence electrons. The molecule has 0 aromatic heterocycles. The summed E-state index contributed by atoms with van der Waals surface area (Å²) in [5.74, 6) is -0.835. The monoisotopic (exact) mass is 239 g/mol. The molecule has 0 aromatic carbocycles. The van der Waals surface area contributed by atoms with Crippen LogP contribution in [0, 0.1) is 0 Å². The lowest BCUT2D eigenvalue weighted by Crippen LogP contribution is -2.44. The van der Waals surface area contributed by atoms with Crippen LogP contribution in [-0.4, -0.2) is 44.0 Å². The SMILES string of the molecule is COC(=O)C(C)S(=O)(=O)NCC(C)(C)O. The third kappa shape index (κ3) is 5.10. The average Bonchev–Trinajstić information content (AvgIpc) is 2.11. The molecule has 1 atom stereocenters. The zero-order valence-electron chi connectivity index (χ0n) is 9.27. The molecule has 0 saturated carbocycles.